The molecule has 8 heteroatoms. The molecule has 0 saturated heterocycles. The van der Waals surface area contributed by atoms with E-state index in [9.17, 15) is 8.42 Å². The Labute approximate surface area is 150 Å². The van der Waals surface area contributed by atoms with E-state index in [1.165, 1.54) is 6.26 Å². The molecular weight excluding hydrogens is 350 g/mol. The van der Waals surface area contributed by atoms with Gasteiger partial charge in [0.05, 0.1) is 22.3 Å². The highest BCUT2D eigenvalue weighted by Gasteiger charge is 2.08. The van der Waals surface area contributed by atoms with Crippen LogP contribution in [0.25, 0.3) is 22.2 Å². The average molecular weight is 365 g/mol. The minimum absolute atomic E-state index is 0.279. The molecule has 0 aliphatic carbocycles. The smallest absolute Gasteiger partial charge is 0.227 e. The summed E-state index contributed by atoms with van der Waals surface area (Å²) < 4.78 is 23.1. The van der Waals surface area contributed by atoms with Gasteiger partial charge in [-0.05, 0) is 36.4 Å². The van der Waals surface area contributed by atoms with Gasteiger partial charge in [0.1, 0.15) is 0 Å². The number of fused-ring (bicyclic) bond motifs is 1. The molecule has 0 atom stereocenters. The van der Waals surface area contributed by atoms with Gasteiger partial charge in [-0.1, -0.05) is 12.1 Å². The first-order valence-corrected chi connectivity index (χ1v) is 9.72. The van der Waals surface area contributed by atoms with Gasteiger partial charge in [0, 0.05) is 29.1 Å². The minimum Gasteiger partial charge on any atom is -0.324 e. The van der Waals surface area contributed by atoms with E-state index in [0.29, 0.717) is 11.6 Å². The lowest BCUT2D eigenvalue weighted by Crippen LogP contribution is -1.99. The van der Waals surface area contributed by atoms with E-state index >= 15 is 0 Å². The van der Waals surface area contributed by atoms with Crippen molar-refractivity contribution in [1.29, 1.82) is 0 Å². The number of hydrogen-bond acceptors (Lipinski definition) is 6. The minimum atomic E-state index is -3.22. The zero-order valence-electron chi connectivity index (χ0n) is 13.8. The van der Waals surface area contributed by atoms with E-state index in [4.69, 9.17) is 0 Å². The van der Waals surface area contributed by atoms with Crippen molar-refractivity contribution in [3.05, 3.63) is 60.9 Å². The number of nitrogens with one attached hydrogen (secondary N) is 2. The molecule has 0 aliphatic heterocycles. The summed E-state index contributed by atoms with van der Waals surface area (Å²) in [6, 6.07) is 14.2. The molecule has 2 aromatic carbocycles. The summed E-state index contributed by atoms with van der Waals surface area (Å²) in [6.07, 6.45) is 4.60. The number of sulfone groups is 1. The molecular formula is C18H15N5O2S. The summed E-state index contributed by atoms with van der Waals surface area (Å²) in [7, 11) is -3.22. The predicted molar refractivity (Wildman–Crippen MR) is 100.0 cm³/mol. The molecule has 4 rings (SSSR count). The van der Waals surface area contributed by atoms with Gasteiger partial charge in [0.25, 0.3) is 0 Å². The van der Waals surface area contributed by atoms with Crippen LogP contribution in [-0.4, -0.2) is 34.8 Å². The van der Waals surface area contributed by atoms with Gasteiger partial charge in [0.2, 0.25) is 5.95 Å². The van der Waals surface area contributed by atoms with Crippen molar-refractivity contribution in [2.45, 2.75) is 4.90 Å². The van der Waals surface area contributed by atoms with Crippen molar-refractivity contribution in [3.8, 4) is 11.3 Å². The number of H-pyrrole nitrogens is 1. The maximum atomic E-state index is 11.6. The van der Waals surface area contributed by atoms with Gasteiger partial charge < -0.3 is 5.32 Å². The molecule has 26 heavy (non-hydrogen) atoms. The van der Waals surface area contributed by atoms with Crippen LogP contribution in [0.5, 0.6) is 0 Å². The zero-order valence-corrected chi connectivity index (χ0v) is 14.7. The Bertz CT molecular complexity index is 1180. The summed E-state index contributed by atoms with van der Waals surface area (Å²) in [4.78, 5) is 9.02. The molecule has 0 saturated carbocycles. The van der Waals surface area contributed by atoms with Crippen LogP contribution in [0.3, 0.4) is 0 Å². The molecule has 4 aromatic rings. The van der Waals surface area contributed by atoms with Gasteiger partial charge in [-0.3, -0.25) is 5.10 Å². The van der Waals surface area contributed by atoms with Gasteiger partial charge in [-0.25, -0.2) is 18.4 Å². The van der Waals surface area contributed by atoms with Crippen molar-refractivity contribution in [3.63, 3.8) is 0 Å². The number of hydrogen-bond donors (Lipinski definition) is 2. The lowest BCUT2D eigenvalue weighted by Gasteiger charge is -2.07. The predicted octanol–water partition coefficient (Wildman–Crippen LogP) is 3.17. The summed E-state index contributed by atoms with van der Waals surface area (Å²) >= 11 is 0. The Morgan fingerprint density at radius 1 is 1.04 bits per heavy atom. The first-order chi connectivity index (χ1) is 12.5. The van der Waals surface area contributed by atoms with Crippen LogP contribution < -0.4 is 5.32 Å². The summed E-state index contributed by atoms with van der Waals surface area (Å²) in [6.45, 7) is 0. The van der Waals surface area contributed by atoms with Crippen LogP contribution in [0, 0.1) is 0 Å². The topological polar surface area (TPSA) is 101 Å². The van der Waals surface area contributed by atoms with Crippen LogP contribution in [0.2, 0.25) is 0 Å². The molecule has 2 aromatic heterocycles. The van der Waals surface area contributed by atoms with E-state index in [2.05, 4.69) is 25.5 Å². The van der Waals surface area contributed by atoms with Crippen LogP contribution in [-0.2, 0) is 9.84 Å². The van der Waals surface area contributed by atoms with Crippen molar-refractivity contribution in [2.75, 3.05) is 11.6 Å². The molecule has 0 unspecified atom stereocenters. The molecule has 2 N–H and O–H groups in total. The van der Waals surface area contributed by atoms with Crippen molar-refractivity contribution in [1.82, 2.24) is 20.2 Å². The quantitative estimate of drug-likeness (QED) is 0.576. The summed E-state index contributed by atoms with van der Waals surface area (Å²) in [5.74, 6) is 0.452. The van der Waals surface area contributed by atoms with Gasteiger partial charge in [-0.15, -0.1) is 0 Å². The van der Waals surface area contributed by atoms with Gasteiger partial charge in [0.15, 0.2) is 9.84 Å². The fourth-order valence-electron chi connectivity index (χ4n) is 2.60. The summed E-state index contributed by atoms with van der Waals surface area (Å²) in [5.41, 5.74) is 3.27. The second-order valence-electron chi connectivity index (χ2n) is 5.86. The number of rotatable bonds is 4. The fraction of sp³-hybridized carbons (Fsp3) is 0.0556. The monoisotopic (exact) mass is 365 g/mol. The average Bonchev–Trinajstić information content (AvgIpc) is 3.09. The number of anilines is 2. The zero-order chi connectivity index (χ0) is 18.1. The van der Waals surface area contributed by atoms with Crippen molar-refractivity contribution < 1.29 is 8.42 Å². The third kappa shape index (κ3) is 3.27. The number of aromatic nitrogens is 4. The van der Waals surface area contributed by atoms with Crippen molar-refractivity contribution >= 4 is 32.4 Å². The second kappa shape index (κ2) is 6.23. The fourth-order valence-corrected chi connectivity index (χ4v) is 3.23. The normalized spacial score (nSPS) is 11.6. The first kappa shape index (κ1) is 16.2. The molecule has 7 nitrogen and oxygen atoms in total. The third-order valence-corrected chi connectivity index (χ3v) is 5.06. The maximum Gasteiger partial charge on any atom is 0.227 e. The highest BCUT2D eigenvalue weighted by atomic mass is 32.2. The van der Waals surface area contributed by atoms with Crippen LogP contribution in [0.4, 0.5) is 11.6 Å². The molecule has 0 spiro atoms. The Morgan fingerprint density at radius 2 is 1.85 bits per heavy atom. The van der Waals surface area contributed by atoms with E-state index < -0.39 is 9.84 Å². The molecule has 0 amide bonds. The van der Waals surface area contributed by atoms with Crippen LogP contribution in [0.15, 0.2) is 65.8 Å². The second-order valence-corrected chi connectivity index (χ2v) is 7.87. The largest absolute Gasteiger partial charge is 0.324 e. The highest BCUT2D eigenvalue weighted by molar-refractivity contribution is 7.90. The number of benzene rings is 2. The highest BCUT2D eigenvalue weighted by Crippen LogP contribution is 2.22. The number of aromatic amines is 1. The lowest BCUT2D eigenvalue weighted by atomic mass is 10.1. The molecule has 0 fully saturated rings. The Kier molecular flexibility index (Phi) is 3.89. The molecule has 2 heterocycles. The Hall–Kier alpha value is -3.26. The van der Waals surface area contributed by atoms with E-state index in [1.807, 2.05) is 18.2 Å². The van der Waals surface area contributed by atoms with Crippen LogP contribution >= 0.6 is 0 Å². The van der Waals surface area contributed by atoms with E-state index in [1.54, 1.807) is 42.7 Å². The number of nitrogens with zero attached hydrogens (tertiary/aromatic N) is 3. The van der Waals surface area contributed by atoms with E-state index in [-0.39, 0.29) is 4.90 Å². The Morgan fingerprint density at radius 3 is 2.62 bits per heavy atom. The molecule has 0 aliphatic rings. The molecule has 0 radical (unpaired) electrons. The van der Waals surface area contributed by atoms with Crippen LogP contribution in [0.1, 0.15) is 0 Å². The third-order valence-electron chi connectivity index (χ3n) is 3.93. The molecule has 130 valence electrons. The van der Waals surface area contributed by atoms with Gasteiger partial charge >= 0.3 is 0 Å². The van der Waals surface area contributed by atoms with E-state index in [0.717, 1.165) is 22.2 Å². The van der Waals surface area contributed by atoms with Crippen molar-refractivity contribution in [2.24, 2.45) is 0 Å². The Balaban J connectivity index is 1.61. The molecule has 0 bridgehead atoms. The standard InChI is InChI=1S/C18H15N5O2S/c1-26(24,25)15-6-3-12(4-7-15)16-8-9-19-18(22-16)21-14-5-2-13-11-20-23-17(13)10-14/h2-11H,1H3,(H,20,23)(H,19,21,22). The lowest BCUT2D eigenvalue weighted by molar-refractivity contribution is 0.602. The van der Waals surface area contributed by atoms with Gasteiger partial charge in [-0.2, -0.15) is 5.10 Å². The summed E-state index contributed by atoms with van der Waals surface area (Å²) in [5, 5.41) is 11.1. The maximum absolute atomic E-state index is 11.6. The SMILES string of the molecule is CS(=O)(=O)c1ccc(-c2ccnc(Nc3ccc4cn[nH]c4c3)n2)cc1. The first-order valence-electron chi connectivity index (χ1n) is 7.83.